The molecule has 9 heteroatoms. The molecule has 8 nitrogen and oxygen atoms in total. The van der Waals surface area contributed by atoms with Gasteiger partial charge < -0.3 is 14.6 Å². The molecule has 4 aromatic rings. The second kappa shape index (κ2) is 10.2. The Morgan fingerprint density at radius 2 is 1.70 bits per heavy atom. The summed E-state index contributed by atoms with van der Waals surface area (Å²) in [5, 5.41) is 5.33. The second-order valence-corrected chi connectivity index (χ2v) is 8.57. The first-order chi connectivity index (χ1) is 16.1. The van der Waals surface area contributed by atoms with Crippen LogP contribution in [-0.2, 0) is 22.3 Å². The standard InChI is InChI=1S/C24H22N4O4S/c1-32-24(30)27-22-26-20-16-19(33(31)18-10-6-3-7-11-18)12-13-21(20)28(22)23(29)25-15-14-17-8-4-2-5-9-17/h2-13,16H,14-15H2,1H3,(H,25,29)(H,26,27,30). The number of aromatic nitrogens is 2. The SMILES string of the molecule is COC(=O)Nc1nc2cc([S+]([O-])c3ccccc3)ccc2n1C(=O)NCCc1ccccc1. The lowest BCUT2D eigenvalue weighted by Crippen LogP contribution is -2.31. The highest BCUT2D eigenvalue weighted by molar-refractivity contribution is 7.91. The zero-order valence-electron chi connectivity index (χ0n) is 17.9. The van der Waals surface area contributed by atoms with Crippen LogP contribution in [0.15, 0.2) is 88.7 Å². The molecule has 1 unspecified atom stereocenters. The van der Waals surface area contributed by atoms with Crippen molar-refractivity contribution in [3.8, 4) is 0 Å². The van der Waals surface area contributed by atoms with E-state index < -0.39 is 23.3 Å². The summed E-state index contributed by atoms with van der Waals surface area (Å²) >= 11 is -1.41. The van der Waals surface area contributed by atoms with E-state index in [0.717, 1.165) is 5.56 Å². The largest absolute Gasteiger partial charge is 0.606 e. The molecule has 0 saturated carbocycles. The molecule has 1 aromatic heterocycles. The summed E-state index contributed by atoms with van der Waals surface area (Å²) in [6.45, 7) is 0.399. The first kappa shape index (κ1) is 22.4. The molecule has 0 saturated heterocycles. The van der Waals surface area contributed by atoms with Crippen LogP contribution in [0.2, 0.25) is 0 Å². The maximum Gasteiger partial charge on any atom is 0.413 e. The fraction of sp³-hybridized carbons (Fsp3) is 0.125. The summed E-state index contributed by atoms with van der Waals surface area (Å²) in [5.74, 6) is 0.0108. The summed E-state index contributed by atoms with van der Waals surface area (Å²) in [4.78, 5) is 30.4. The maximum atomic E-state index is 13.0. The van der Waals surface area contributed by atoms with Crippen LogP contribution in [0.1, 0.15) is 5.56 Å². The number of benzene rings is 3. The molecule has 1 heterocycles. The Bertz CT molecular complexity index is 1260. The van der Waals surface area contributed by atoms with Gasteiger partial charge in [0.25, 0.3) is 0 Å². The van der Waals surface area contributed by atoms with E-state index >= 15 is 0 Å². The van der Waals surface area contributed by atoms with Crippen LogP contribution in [0.4, 0.5) is 15.5 Å². The van der Waals surface area contributed by atoms with Gasteiger partial charge >= 0.3 is 12.1 Å². The molecule has 33 heavy (non-hydrogen) atoms. The lowest BCUT2D eigenvalue weighted by molar-refractivity contribution is 0.186. The van der Waals surface area contributed by atoms with Crippen molar-refractivity contribution in [1.82, 2.24) is 14.9 Å². The van der Waals surface area contributed by atoms with Crippen molar-refractivity contribution in [3.05, 3.63) is 84.4 Å². The molecular weight excluding hydrogens is 440 g/mol. The minimum atomic E-state index is -1.41. The Hall–Kier alpha value is -3.82. The molecule has 0 aliphatic heterocycles. The lowest BCUT2D eigenvalue weighted by Gasteiger charge is -2.11. The quantitative estimate of drug-likeness (QED) is 0.418. The van der Waals surface area contributed by atoms with Gasteiger partial charge in [-0.1, -0.05) is 48.5 Å². The van der Waals surface area contributed by atoms with Gasteiger partial charge in [0.1, 0.15) is 0 Å². The predicted octanol–water partition coefficient (Wildman–Crippen LogP) is 4.18. The number of fused-ring (bicyclic) bond motifs is 1. The van der Waals surface area contributed by atoms with E-state index in [4.69, 9.17) is 0 Å². The topological polar surface area (TPSA) is 108 Å². The van der Waals surface area contributed by atoms with Gasteiger partial charge in [-0.15, -0.1) is 0 Å². The summed E-state index contributed by atoms with van der Waals surface area (Å²) < 4.78 is 18.9. The third kappa shape index (κ3) is 5.16. The van der Waals surface area contributed by atoms with Crippen LogP contribution in [0.25, 0.3) is 11.0 Å². The van der Waals surface area contributed by atoms with Crippen LogP contribution >= 0.6 is 0 Å². The van der Waals surface area contributed by atoms with Crippen molar-refractivity contribution < 1.29 is 18.9 Å². The minimum absolute atomic E-state index is 0.0108. The summed E-state index contributed by atoms with van der Waals surface area (Å²) in [6.07, 6.45) is -0.101. The molecule has 2 N–H and O–H groups in total. The summed E-state index contributed by atoms with van der Waals surface area (Å²) in [7, 11) is 1.23. The number of rotatable bonds is 6. The number of nitrogens with zero attached hydrogens (tertiary/aromatic N) is 2. The summed E-state index contributed by atoms with van der Waals surface area (Å²) in [5.41, 5.74) is 1.98. The molecule has 0 spiro atoms. The molecular formula is C24H22N4O4S. The maximum absolute atomic E-state index is 13.0. The smallest absolute Gasteiger partial charge is 0.413 e. The number of carbonyl (C=O) groups excluding carboxylic acids is 2. The van der Waals surface area contributed by atoms with E-state index in [0.29, 0.717) is 33.8 Å². The molecule has 1 atom stereocenters. The highest BCUT2D eigenvalue weighted by atomic mass is 32.2. The number of methoxy groups -OCH3 is 1. The fourth-order valence-electron chi connectivity index (χ4n) is 3.32. The van der Waals surface area contributed by atoms with Crippen LogP contribution in [0.3, 0.4) is 0 Å². The van der Waals surface area contributed by atoms with Gasteiger partial charge in [-0.3, -0.25) is 5.32 Å². The second-order valence-electron chi connectivity index (χ2n) is 7.09. The number of hydrogen-bond donors (Lipinski definition) is 2. The van der Waals surface area contributed by atoms with Gasteiger partial charge in [0.2, 0.25) is 5.95 Å². The zero-order chi connectivity index (χ0) is 23.2. The minimum Gasteiger partial charge on any atom is -0.606 e. The lowest BCUT2D eigenvalue weighted by atomic mass is 10.1. The van der Waals surface area contributed by atoms with Crippen molar-refractivity contribution in [2.24, 2.45) is 0 Å². The van der Waals surface area contributed by atoms with Gasteiger partial charge in [-0.05, 0) is 36.2 Å². The van der Waals surface area contributed by atoms with Crippen molar-refractivity contribution in [2.45, 2.75) is 16.2 Å². The predicted molar refractivity (Wildman–Crippen MR) is 126 cm³/mol. The Morgan fingerprint density at radius 3 is 2.39 bits per heavy atom. The van der Waals surface area contributed by atoms with Gasteiger partial charge in [0.05, 0.1) is 18.1 Å². The van der Waals surface area contributed by atoms with Crippen molar-refractivity contribution >= 4 is 40.3 Å². The van der Waals surface area contributed by atoms with E-state index in [-0.39, 0.29) is 5.95 Å². The Morgan fingerprint density at radius 1 is 1.00 bits per heavy atom. The normalized spacial score (nSPS) is 11.7. The summed E-state index contributed by atoms with van der Waals surface area (Å²) in [6, 6.07) is 23.4. The average molecular weight is 463 g/mol. The van der Waals surface area contributed by atoms with E-state index in [1.807, 2.05) is 48.5 Å². The van der Waals surface area contributed by atoms with Crippen LogP contribution in [-0.4, -0.2) is 39.9 Å². The molecule has 0 radical (unpaired) electrons. The third-order valence-corrected chi connectivity index (χ3v) is 6.31. The number of hydrogen-bond acceptors (Lipinski definition) is 5. The van der Waals surface area contributed by atoms with Crippen LogP contribution in [0, 0.1) is 0 Å². The molecule has 0 bridgehead atoms. The molecule has 168 valence electrons. The van der Waals surface area contributed by atoms with Crippen molar-refractivity contribution in [2.75, 3.05) is 19.0 Å². The molecule has 4 rings (SSSR count). The molecule has 3 aromatic carbocycles. The van der Waals surface area contributed by atoms with Crippen LogP contribution < -0.4 is 10.6 Å². The monoisotopic (exact) mass is 462 g/mol. The fourth-order valence-corrected chi connectivity index (χ4v) is 4.41. The Balaban J connectivity index is 1.62. The van der Waals surface area contributed by atoms with E-state index in [1.165, 1.54) is 11.7 Å². The van der Waals surface area contributed by atoms with Crippen molar-refractivity contribution in [1.29, 1.82) is 0 Å². The Labute approximate surface area is 193 Å². The number of nitrogens with one attached hydrogen (secondary N) is 2. The number of carbonyl (C=O) groups is 2. The first-order valence-corrected chi connectivity index (χ1v) is 11.4. The highest BCUT2D eigenvalue weighted by Crippen LogP contribution is 2.26. The number of ether oxygens (including phenoxy) is 1. The van der Waals surface area contributed by atoms with E-state index in [9.17, 15) is 14.1 Å². The van der Waals surface area contributed by atoms with Gasteiger partial charge in [-0.2, -0.15) is 0 Å². The molecule has 0 aliphatic carbocycles. The highest BCUT2D eigenvalue weighted by Gasteiger charge is 2.22. The van der Waals surface area contributed by atoms with E-state index in [2.05, 4.69) is 20.4 Å². The van der Waals surface area contributed by atoms with Crippen molar-refractivity contribution in [3.63, 3.8) is 0 Å². The van der Waals surface area contributed by atoms with Gasteiger partial charge in [0.15, 0.2) is 9.79 Å². The number of imidazole rings is 1. The molecule has 0 fully saturated rings. The Kier molecular flexibility index (Phi) is 6.92. The van der Waals surface area contributed by atoms with E-state index in [1.54, 1.807) is 30.3 Å². The van der Waals surface area contributed by atoms with Crippen LogP contribution in [0.5, 0.6) is 0 Å². The number of anilines is 1. The van der Waals surface area contributed by atoms with Gasteiger partial charge in [-0.25, -0.2) is 19.1 Å². The first-order valence-electron chi connectivity index (χ1n) is 10.2. The molecule has 2 amide bonds. The average Bonchev–Trinajstić information content (AvgIpc) is 3.21. The third-order valence-electron chi connectivity index (χ3n) is 4.93. The zero-order valence-corrected chi connectivity index (χ0v) is 18.7. The molecule has 0 aliphatic rings. The van der Waals surface area contributed by atoms with Gasteiger partial charge in [0, 0.05) is 23.8 Å². The number of amides is 2.